The average Bonchev–Trinajstić information content (AvgIpc) is 3.65. The van der Waals surface area contributed by atoms with Crippen LogP contribution in [0.3, 0.4) is 0 Å². The topological polar surface area (TPSA) is 92.8 Å². The third kappa shape index (κ3) is 6.26. The summed E-state index contributed by atoms with van der Waals surface area (Å²) >= 11 is 19.6. The van der Waals surface area contributed by atoms with Crippen LogP contribution in [0.1, 0.15) is 62.3 Å². The minimum Gasteiger partial charge on any atom is -0.489 e. The van der Waals surface area contributed by atoms with Crippen molar-refractivity contribution in [3.63, 3.8) is 0 Å². The highest BCUT2D eigenvalue weighted by molar-refractivity contribution is 6.39. The maximum absolute atomic E-state index is 11.3. The van der Waals surface area contributed by atoms with Gasteiger partial charge in [-0.25, -0.2) is 4.79 Å². The van der Waals surface area contributed by atoms with E-state index in [0.29, 0.717) is 56.4 Å². The molecule has 41 heavy (non-hydrogen) atoms. The number of hydrogen-bond donors (Lipinski definition) is 2. The van der Waals surface area contributed by atoms with E-state index in [1.54, 1.807) is 49.4 Å². The van der Waals surface area contributed by atoms with Crippen LogP contribution < -0.4 is 4.74 Å². The molecular formula is C32H30Cl3NO5. The number of rotatable bonds is 10. The molecule has 0 unspecified atom stereocenters. The van der Waals surface area contributed by atoms with E-state index in [9.17, 15) is 9.90 Å². The molecule has 0 radical (unpaired) electrons. The van der Waals surface area contributed by atoms with E-state index >= 15 is 0 Å². The molecule has 0 spiro atoms. The summed E-state index contributed by atoms with van der Waals surface area (Å²) in [6, 6.07) is 10.6. The summed E-state index contributed by atoms with van der Waals surface area (Å²) in [4.78, 5) is 11.1. The van der Waals surface area contributed by atoms with Crippen LogP contribution in [0, 0.1) is 5.92 Å². The van der Waals surface area contributed by atoms with Crippen molar-refractivity contribution in [3.8, 4) is 17.0 Å². The molecule has 2 fully saturated rings. The number of benzene rings is 2. The van der Waals surface area contributed by atoms with Gasteiger partial charge in [0.1, 0.15) is 23.8 Å². The highest BCUT2D eigenvalue weighted by Gasteiger charge is 2.45. The van der Waals surface area contributed by atoms with Gasteiger partial charge in [0.05, 0.1) is 26.2 Å². The number of hydrogen-bond acceptors (Lipinski definition) is 5. The van der Waals surface area contributed by atoms with E-state index in [-0.39, 0.29) is 18.1 Å². The smallest absolute Gasteiger partial charge is 0.331 e. The van der Waals surface area contributed by atoms with Crippen LogP contribution >= 0.6 is 34.8 Å². The molecule has 1 heterocycles. The Labute approximate surface area is 253 Å². The lowest BCUT2D eigenvalue weighted by Crippen LogP contribution is -2.41. The van der Waals surface area contributed by atoms with Crippen LogP contribution in [0.5, 0.6) is 5.75 Å². The first-order valence-corrected chi connectivity index (χ1v) is 14.5. The van der Waals surface area contributed by atoms with E-state index < -0.39 is 11.6 Å². The van der Waals surface area contributed by atoms with Gasteiger partial charge in [-0.05, 0) is 75.8 Å². The van der Waals surface area contributed by atoms with E-state index in [0.717, 1.165) is 35.3 Å². The fourth-order valence-corrected chi connectivity index (χ4v) is 6.18. The molecule has 6 nitrogen and oxygen atoms in total. The highest BCUT2D eigenvalue weighted by Crippen LogP contribution is 2.51. The Balaban J connectivity index is 1.28. The summed E-state index contributed by atoms with van der Waals surface area (Å²) in [5, 5.41) is 26.0. The van der Waals surface area contributed by atoms with E-state index in [2.05, 4.69) is 11.7 Å². The van der Waals surface area contributed by atoms with E-state index in [1.165, 1.54) is 0 Å². The van der Waals surface area contributed by atoms with Crippen molar-refractivity contribution < 1.29 is 24.3 Å². The molecule has 2 aromatic carbocycles. The summed E-state index contributed by atoms with van der Waals surface area (Å²) < 4.78 is 11.9. The standard InChI is InChI=1S/C32H30Cl3NO5/c1-17(12-19(3)31(37)38)11-18(2)21-14-32(39,15-21)24-10-9-22(13-27(24)35)40-16-23-29(36-41-30(23)20-7-8-20)28-25(33)5-4-6-26(28)34/h4-6,9-13,20-21,39H,2,7-8,14-16H2,1,3H3,(H,37,38)/b17-11-,19-12+. The van der Waals surface area contributed by atoms with Gasteiger partial charge in [0.2, 0.25) is 0 Å². The van der Waals surface area contributed by atoms with E-state index in [1.807, 2.05) is 13.0 Å². The lowest BCUT2D eigenvalue weighted by atomic mass is 9.64. The van der Waals surface area contributed by atoms with Gasteiger partial charge in [0, 0.05) is 22.6 Å². The van der Waals surface area contributed by atoms with Crippen molar-refractivity contribution >= 4 is 40.8 Å². The third-order valence-corrected chi connectivity index (χ3v) is 8.62. The fourth-order valence-electron chi connectivity index (χ4n) is 5.26. The summed E-state index contributed by atoms with van der Waals surface area (Å²) in [6.45, 7) is 7.70. The van der Waals surface area contributed by atoms with Gasteiger partial charge in [0.15, 0.2) is 0 Å². The van der Waals surface area contributed by atoms with Crippen LogP contribution in [0.25, 0.3) is 11.3 Å². The van der Waals surface area contributed by atoms with Gasteiger partial charge in [-0.1, -0.05) is 75.9 Å². The Bertz CT molecular complexity index is 1560. The Kier molecular flexibility index (Phi) is 8.40. The number of allylic oxidation sites excluding steroid dienone is 4. The van der Waals surface area contributed by atoms with Crippen molar-refractivity contribution in [2.24, 2.45) is 5.92 Å². The summed E-state index contributed by atoms with van der Waals surface area (Å²) in [5.41, 5.74) is 3.41. The largest absolute Gasteiger partial charge is 0.489 e. The van der Waals surface area contributed by atoms with Crippen LogP contribution in [0.4, 0.5) is 0 Å². The molecule has 2 saturated carbocycles. The molecule has 2 aliphatic carbocycles. The van der Waals surface area contributed by atoms with Crippen LogP contribution in [-0.2, 0) is 17.0 Å². The van der Waals surface area contributed by atoms with Crippen molar-refractivity contribution in [1.82, 2.24) is 5.16 Å². The molecule has 1 aromatic heterocycles. The zero-order valence-corrected chi connectivity index (χ0v) is 25.0. The minimum atomic E-state index is -1.08. The second kappa shape index (κ2) is 11.7. The lowest BCUT2D eigenvalue weighted by molar-refractivity contribution is -0.132. The second-order valence-corrected chi connectivity index (χ2v) is 12.1. The zero-order valence-electron chi connectivity index (χ0n) is 22.7. The molecule has 0 amide bonds. The van der Waals surface area contributed by atoms with Gasteiger partial charge in [0.25, 0.3) is 0 Å². The molecule has 0 aliphatic heterocycles. The van der Waals surface area contributed by atoms with Crippen LogP contribution in [0.2, 0.25) is 15.1 Å². The molecule has 3 aromatic rings. The Hall–Kier alpha value is -3.03. The molecule has 9 heteroatoms. The molecule has 2 aliphatic rings. The number of halogens is 3. The molecule has 214 valence electrons. The van der Waals surface area contributed by atoms with E-state index in [4.69, 9.17) is 49.2 Å². The Morgan fingerprint density at radius 1 is 1.12 bits per heavy atom. The molecule has 0 saturated heterocycles. The number of aromatic nitrogens is 1. The number of aliphatic carboxylic acids is 1. The first-order chi connectivity index (χ1) is 19.5. The lowest BCUT2D eigenvalue weighted by Gasteiger charge is -2.45. The zero-order chi connectivity index (χ0) is 29.5. The van der Waals surface area contributed by atoms with Gasteiger partial charge < -0.3 is 19.5 Å². The Morgan fingerprint density at radius 3 is 2.41 bits per heavy atom. The van der Waals surface area contributed by atoms with Gasteiger partial charge in [-0.15, -0.1) is 0 Å². The highest BCUT2D eigenvalue weighted by atomic mass is 35.5. The number of aliphatic hydroxyl groups is 1. The minimum absolute atomic E-state index is 0.0602. The number of ether oxygens (including phenoxy) is 1. The SMILES string of the molecule is C=C(/C=C(C)\C=C(/C)C(=O)O)C1CC(O)(c2ccc(OCc3c(-c4c(Cl)cccc4Cl)noc3C3CC3)cc2Cl)C1. The average molecular weight is 615 g/mol. The summed E-state index contributed by atoms with van der Waals surface area (Å²) in [5.74, 6) is 0.727. The fraction of sp³-hybridized carbons (Fsp3) is 0.312. The first kappa shape index (κ1) is 29.5. The van der Waals surface area contributed by atoms with Gasteiger partial charge in [-0.2, -0.15) is 0 Å². The Morgan fingerprint density at radius 2 is 1.80 bits per heavy atom. The number of nitrogens with zero attached hydrogens (tertiary/aromatic N) is 1. The second-order valence-electron chi connectivity index (χ2n) is 10.9. The van der Waals surface area contributed by atoms with Crippen molar-refractivity contribution in [2.45, 2.75) is 57.7 Å². The van der Waals surface area contributed by atoms with Crippen LogP contribution in [-0.4, -0.2) is 21.3 Å². The quantitative estimate of drug-likeness (QED) is 0.175. The van der Waals surface area contributed by atoms with Gasteiger partial charge in [-0.3, -0.25) is 0 Å². The molecule has 0 atom stereocenters. The maximum Gasteiger partial charge on any atom is 0.331 e. The normalized spacial score (nSPS) is 21.0. The predicted octanol–water partition coefficient (Wildman–Crippen LogP) is 8.89. The van der Waals surface area contributed by atoms with Crippen molar-refractivity contribution in [1.29, 1.82) is 0 Å². The maximum atomic E-state index is 11.3. The number of carbonyl (C=O) groups is 1. The summed E-state index contributed by atoms with van der Waals surface area (Å²) in [6.07, 6.45) is 6.44. The predicted molar refractivity (Wildman–Crippen MR) is 161 cm³/mol. The third-order valence-electron chi connectivity index (χ3n) is 7.68. The number of carboxylic acid groups (broad SMARTS) is 1. The number of carboxylic acids is 1. The summed E-state index contributed by atoms with van der Waals surface area (Å²) in [7, 11) is 0. The monoisotopic (exact) mass is 613 g/mol. The molecule has 0 bridgehead atoms. The van der Waals surface area contributed by atoms with Crippen LogP contribution in [0.15, 0.2) is 76.4 Å². The van der Waals surface area contributed by atoms with Gasteiger partial charge >= 0.3 is 5.97 Å². The first-order valence-electron chi connectivity index (χ1n) is 13.3. The molecular weight excluding hydrogens is 585 g/mol. The molecule has 2 N–H and O–H groups in total. The van der Waals surface area contributed by atoms with Crippen molar-refractivity contribution in [3.05, 3.63) is 104 Å². The molecule has 5 rings (SSSR count). The van der Waals surface area contributed by atoms with Crippen molar-refractivity contribution in [2.75, 3.05) is 0 Å².